The number of ether oxygens (including phenoxy) is 3. The van der Waals surface area contributed by atoms with Crippen LogP contribution in [-0.2, 0) is 14.2 Å². The first-order valence-corrected chi connectivity index (χ1v) is 15.5. The zero-order valence-electron chi connectivity index (χ0n) is 25.5. The van der Waals surface area contributed by atoms with Crippen molar-refractivity contribution in [2.45, 2.75) is 156 Å². The Labute approximate surface area is 237 Å². The van der Waals surface area contributed by atoms with Crippen LogP contribution in [-0.4, -0.2) is 36.2 Å². The van der Waals surface area contributed by atoms with E-state index in [2.05, 4.69) is 20.8 Å². The molecule has 39 heavy (non-hydrogen) atoms. The molecule has 0 saturated heterocycles. The van der Waals surface area contributed by atoms with Gasteiger partial charge < -0.3 is 14.2 Å². The Balaban J connectivity index is 3.00. The summed E-state index contributed by atoms with van der Waals surface area (Å²) in [5.41, 5.74) is 0.383. The van der Waals surface area contributed by atoms with E-state index in [0.29, 0.717) is 0 Å². The van der Waals surface area contributed by atoms with E-state index in [1.165, 1.54) is 18.2 Å². The van der Waals surface area contributed by atoms with Crippen molar-refractivity contribution in [3.05, 3.63) is 34.9 Å². The molecule has 1 aromatic carbocycles. The minimum Gasteiger partial charge on any atom is -0.459 e. The molecule has 0 fully saturated rings. The molecule has 0 spiro atoms. The van der Waals surface area contributed by atoms with Gasteiger partial charge in [-0.05, 0) is 77.5 Å². The predicted octanol–water partition coefficient (Wildman–Crippen LogP) is 9.23. The molecule has 0 saturated carbocycles. The molecule has 3 atom stereocenters. The third kappa shape index (κ3) is 14.5. The monoisotopic (exact) mass is 546 g/mol. The van der Waals surface area contributed by atoms with Crippen molar-refractivity contribution in [1.29, 1.82) is 0 Å². The van der Waals surface area contributed by atoms with Gasteiger partial charge in [0.1, 0.15) is 0 Å². The smallest absolute Gasteiger partial charge is 0.339 e. The maximum atomic E-state index is 13.2. The Morgan fingerprint density at radius 2 is 0.923 bits per heavy atom. The van der Waals surface area contributed by atoms with Gasteiger partial charge in [0, 0.05) is 0 Å². The molecule has 0 bridgehead atoms. The summed E-state index contributed by atoms with van der Waals surface area (Å²) in [4.78, 5) is 39.2. The van der Waals surface area contributed by atoms with E-state index in [1.807, 2.05) is 20.8 Å². The molecule has 0 aliphatic carbocycles. The largest absolute Gasteiger partial charge is 0.459 e. The zero-order chi connectivity index (χ0) is 29.0. The topological polar surface area (TPSA) is 78.9 Å². The van der Waals surface area contributed by atoms with E-state index in [0.717, 1.165) is 96.3 Å². The van der Waals surface area contributed by atoms with E-state index < -0.39 is 17.9 Å². The average molecular weight is 547 g/mol. The standard InChI is InChI=1S/C33H54O6/c1-7-10-13-16-19-25(4)37-31(34)28-22-23-29(32(35)38-26(5)20-17-14-11-8-2)30(24-28)33(36)39-27(6)21-18-15-12-9-3/h22-27H,7-21H2,1-6H3/t25-,26+,27-/m0/s1. The van der Waals surface area contributed by atoms with Crippen LogP contribution in [0.1, 0.15) is 169 Å². The summed E-state index contributed by atoms with van der Waals surface area (Å²) in [5.74, 6) is -1.71. The summed E-state index contributed by atoms with van der Waals surface area (Å²) in [6.45, 7) is 12.1. The van der Waals surface area contributed by atoms with Crippen LogP contribution in [0.3, 0.4) is 0 Å². The lowest BCUT2D eigenvalue weighted by Gasteiger charge is -2.18. The van der Waals surface area contributed by atoms with Gasteiger partial charge >= 0.3 is 17.9 Å². The number of hydrogen-bond donors (Lipinski definition) is 0. The quantitative estimate of drug-likeness (QED) is 0.0868. The van der Waals surface area contributed by atoms with Gasteiger partial charge in [0.05, 0.1) is 35.0 Å². The molecule has 0 N–H and O–H groups in total. The van der Waals surface area contributed by atoms with Crippen LogP contribution in [0, 0.1) is 0 Å². The van der Waals surface area contributed by atoms with Crippen LogP contribution >= 0.6 is 0 Å². The van der Waals surface area contributed by atoms with Crippen molar-refractivity contribution >= 4 is 17.9 Å². The number of benzene rings is 1. The molecule has 6 heteroatoms. The summed E-state index contributed by atoms with van der Waals surface area (Å²) in [6, 6.07) is 4.43. The summed E-state index contributed by atoms with van der Waals surface area (Å²) < 4.78 is 17.0. The predicted molar refractivity (Wildman–Crippen MR) is 157 cm³/mol. The molecule has 1 aromatic rings. The second-order valence-electron chi connectivity index (χ2n) is 11.0. The number of carbonyl (C=O) groups is 3. The van der Waals surface area contributed by atoms with Gasteiger partial charge in [-0.1, -0.05) is 78.6 Å². The molecule has 6 nitrogen and oxygen atoms in total. The Hall–Kier alpha value is -2.37. The molecule has 0 amide bonds. The Morgan fingerprint density at radius 3 is 1.33 bits per heavy atom. The summed E-state index contributed by atoms with van der Waals surface area (Å²) in [7, 11) is 0. The number of hydrogen-bond acceptors (Lipinski definition) is 6. The second kappa shape index (κ2) is 20.5. The van der Waals surface area contributed by atoms with E-state index in [1.54, 1.807) is 0 Å². The fourth-order valence-corrected chi connectivity index (χ4v) is 4.51. The molecular weight excluding hydrogens is 492 g/mol. The SMILES string of the molecule is CCCCCC[C@@H](C)OC(=O)c1ccc(C(=O)O[C@@H](C)CCCCCC)cc1C(=O)O[C@@H](C)CCCCCC. The lowest BCUT2D eigenvalue weighted by molar-refractivity contribution is 0.0267. The van der Waals surface area contributed by atoms with Gasteiger partial charge in [0.15, 0.2) is 0 Å². The molecule has 1 rings (SSSR count). The van der Waals surface area contributed by atoms with E-state index in [4.69, 9.17) is 14.2 Å². The molecule has 0 unspecified atom stereocenters. The first-order chi connectivity index (χ1) is 18.7. The van der Waals surface area contributed by atoms with Crippen molar-refractivity contribution in [3.8, 4) is 0 Å². The fraction of sp³-hybridized carbons (Fsp3) is 0.727. The molecule has 0 aromatic heterocycles. The maximum Gasteiger partial charge on any atom is 0.339 e. The number of carbonyl (C=O) groups excluding carboxylic acids is 3. The molecular formula is C33H54O6. The minimum atomic E-state index is -0.622. The normalized spacial score (nSPS) is 13.4. The Bertz CT molecular complexity index is 849. The van der Waals surface area contributed by atoms with Crippen LogP contribution in [0.25, 0.3) is 0 Å². The fourth-order valence-electron chi connectivity index (χ4n) is 4.51. The van der Waals surface area contributed by atoms with Crippen LogP contribution in [0.15, 0.2) is 18.2 Å². The van der Waals surface area contributed by atoms with Crippen molar-refractivity contribution in [1.82, 2.24) is 0 Å². The van der Waals surface area contributed by atoms with Gasteiger partial charge in [-0.2, -0.15) is 0 Å². The Morgan fingerprint density at radius 1 is 0.538 bits per heavy atom. The lowest BCUT2D eigenvalue weighted by atomic mass is 10.0. The summed E-state index contributed by atoms with van der Waals surface area (Å²) in [6.07, 6.45) is 14.6. The Kier molecular flexibility index (Phi) is 18.2. The number of unbranched alkanes of at least 4 members (excludes halogenated alkanes) is 9. The van der Waals surface area contributed by atoms with Crippen LogP contribution in [0.2, 0.25) is 0 Å². The molecule has 0 aliphatic heterocycles. The first-order valence-electron chi connectivity index (χ1n) is 15.5. The average Bonchev–Trinajstić information content (AvgIpc) is 2.91. The van der Waals surface area contributed by atoms with E-state index in [-0.39, 0.29) is 35.0 Å². The highest BCUT2D eigenvalue weighted by Crippen LogP contribution is 2.20. The maximum absolute atomic E-state index is 13.2. The summed E-state index contributed by atoms with van der Waals surface area (Å²) >= 11 is 0. The van der Waals surface area contributed by atoms with E-state index >= 15 is 0 Å². The van der Waals surface area contributed by atoms with Gasteiger partial charge in [0.25, 0.3) is 0 Å². The third-order valence-electron chi connectivity index (χ3n) is 7.01. The van der Waals surface area contributed by atoms with Crippen molar-refractivity contribution in [3.63, 3.8) is 0 Å². The van der Waals surface area contributed by atoms with Gasteiger partial charge in [0.2, 0.25) is 0 Å². The van der Waals surface area contributed by atoms with E-state index in [9.17, 15) is 14.4 Å². The van der Waals surface area contributed by atoms with Gasteiger partial charge in [-0.25, -0.2) is 14.4 Å². The third-order valence-corrected chi connectivity index (χ3v) is 7.01. The van der Waals surface area contributed by atoms with Gasteiger partial charge in [-0.3, -0.25) is 0 Å². The lowest BCUT2D eigenvalue weighted by Crippen LogP contribution is -2.22. The van der Waals surface area contributed by atoms with Crippen LogP contribution in [0.5, 0.6) is 0 Å². The molecule has 0 radical (unpaired) electrons. The minimum absolute atomic E-state index is 0.0450. The van der Waals surface area contributed by atoms with Crippen molar-refractivity contribution < 1.29 is 28.6 Å². The molecule has 222 valence electrons. The molecule has 0 heterocycles. The highest BCUT2D eigenvalue weighted by atomic mass is 16.6. The first kappa shape index (κ1) is 34.7. The summed E-state index contributed by atoms with van der Waals surface area (Å²) in [5, 5.41) is 0. The zero-order valence-corrected chi connectivity index (χ0v) is 25.5. The van der Waals surface area contributed by atoms with Crippen LogP contribution in [0.4, 0.5) is 0 Å². The van der Waals surface area contributed by atoms with Crippen molar-refractivity contribution in [2.24, 2.45) is 0 Å². The number of rotatable bonds is 21. The highest BCUT2D eigenvalue weighted by molar-refractivity contribution is 6.05. The number of esters is 3. The van der Waals surface area contributed by atoms with Gasteiger partial charge in [-0.15, -0.1) is 0 Å². The highest BCUT2D eigenvalue weighted by Gasteiger charge is 2.25. The second-order valence-corrected chi connectivity index (χ2v) is 11.0. The van der Waals surface area contributed by atoms with Crippen molar-refractivity contribution in [2.75, 3.05) is 0 Å². The van der Waals surface area contributed by atoms with Crippen LogP contribution < -0.4 is 0 Å². The molecule has 0 aliphatic rings.